The number of nitrogens with one attached hydrogen (secondary N) is 1. The van der Waals surface area contributed by atoms with Crippen molar-refractivity contribution in [2.24, 2.45) is 5.92 Å². The molecule has 0 aliphatic carbocycles. The molecule has 0 fully saturated rings. The average Bonchev–Trinajstić information content (AvgIpc) is 3.13. The number of furan rings is 1. The van der Waals surface area contributed by atoms with Gasteiger partial charge in [0.25, 0.3) is 5.56 Å². The maximum Gasteiger partial charge on any atom is 0.266 e. The zero-order valence-corrected chi connectivity index (χ0v) is 14.0. The van der Waals surface area contributed by atoms with Gasteiger partial charge in [0.1, 0.15) is 11.5 Å². The highest BCUT2D eigenvalue weighted by atomic mass is 16.3. The lowest BCUT2D eigenvalue weighted by atomic mass is 10.1. The van der Waals surface area contributed by atoms with Crippen molar-refractivity contribution in [3.05, 3.63) is 64.8 Å². The van der Waals surface area contributed by atoms with Gasteiger partial charge in [-0.2, -0.15) is 5.10 Å². The van der Waals surface area contributed by atoms with Gasteiger partial charge in [-0.15, -0.1) is 0 Å². The molecule has 3 heterocycles. The minimum atomic E-state index is -0.460. The Balaban J connectivity index is 1.75. The number of aromatic nitrogens is 3. The summed E-state index contributed by atoms with van der Waals surface area (Å²) in [5, 5.41) is 7.06. The highest BCUT2D eigenvalue weighted by Gasteiger charge is 2.17. The van der Waals surface area contributed by atoms with Crippen LogP contribution in [0.15, 0.2) is 58.1 Å². The molecule has 0 saturated heterocycles. The summed E-state index contributed by atoms with van der Waals surface area (Å²) in [4.78, 5) is 28.6. The molecular formula is C18H18N4O3. The number of anilines is 1. The fourth-order valence-corrected chi connectivity index (χ4v) is 2.33. The summed E-state index contributed by atoms with van der Waals surface area (Å²) >= 11 is 0. The first kappa shape index (κ1) is 16.6. The molecule has 3 rings (SSSR count). The Morgan fingerprint density at radius 3 is 2.84 bits per heavy atom. The first-order valence-electron chi connectivity index (χ1n) is 7.89. The molecule has 1 atom stereocenters. The summed E-state index contributed by atoms with van der Waals surface area (Å²) in [5.41, 5.74) is 1.14. The zero-order chi connectivity index (χ0) is 17.8. The third-order valence-corrected chi connectivity index (χ3v) is 3.79. The van der Waals surface area contributed by atoms with Gasteiger partial charge in [-0.05, 0) is 36.8 Å². The summed E-state index contributed by atoms with van der Waals surface area (Å²) in [5.74, 6) is 0.399. The monoisotopic (exact) mass is 338 g/mol. The van der Waals surface area contributed by atoms with E-state index in [1.165, 1.54) is 17.0 Å². The summed E-state index contributed by atoms with van der Waals surface area (Å²) < 4.78 is 6.56. The predicted octanol–water partition coefficient (Wildman–Crippen LogP) is 2.48. The van der Waals surface area contributed by atoms with Crippen LogP contribution in [-0.2, 0) is 11.3 Å². The van der Waals surface area contributed by atoms with E-state index >= 15 is 0 Å². The van der Waals surface area contributed by atoms with Crippen molar-refractivity contribution in [1.29, 1.82) is 0 Å². The van der Waals surface area contributed by atoms with Crippen LogP contribution < -0.4 is 10.9 Å². The SMILES string of the molecule is Cc1cccnc1NC(=O)C(C)Cn1nc(-c2ccco2)ccc1=O. The van der Waals surface area contributed by atoms with Crippen LogP contribution in [0.4, 0.5) is 5.82 Å². The van der Waals surface area contributed by atoms with Gasteiger partial charge in [-0.3, -0.25) is 9.59 Å². The van der Waals surface area contributed by atoms with Crippen LogP contribution in [0.2, 0.25) is 0 Å². The zero-order valence-electron chi connectivity index (χ0n) is 14.0. The third-order valence-electron chi connectivity index (χ3n) is 3.79. The number of hydrogen-bond acceptors (Lipinski definition) is 5. The van der Waals surface area contributed by atoms with Gasteiger partial charge in [0.05, 0.1) is 18.7 Å². The van der Waals surface area contributed by atoms with E-state index in [4.69, 9.17) is 4.42 Å². The normalized spacial score (nSPS) is 11.9. The Hall–Kier alpha value is -3.22. The Labute approximate surface area is 144 Å². The van der Waals surface area contributed by atoms with Gasteiger partial charge in [0.15, 0.2) is 5.76 Å². The molecule has 0 saturated carbocycles. The predicted molar refractivity (Wildman–Crippen MR) is 93.0 cm³/mol. The summed E-state index contributed by atoms with van der Waals surface area (Å²) in [6.07, 6.45) is 3.16. The molecular weight excluding hydrogens is 320 g/mol. The highest BCUT2D eigenvalue weighted by Crippen LogP contribution is 2.16. The number of hydrogen-bond donors (Lipinski definition) is 1. The van der Waals surface area contributed by atoms with Crippen molar-refractivity contribution >= 4 is 11.7 Å². The van der Waals surface area contributed by atoms with Crippen molar-refractivity contribution in [3.63, 3.8) is 0 Å². The van der Waals surface area contributed by atoms with E-state index in [9.17, 15) is 9.59 Å². The molecule has 1 amide bonds. The maximum atomic E-state index is 12.4. The number of amides is 1. The van der Waals surface area contributed by atoms with E-state index in [0.29, 0.717) is 17.3 Å². The molecule has 7 heteroatoms. The van der Waals surface area contributed by atoms with Crippen LogP contribution in [0.25, 0.3) is 11.5 Å². The van der Waals surface area contributed by atoms with Crippen molar-refractivity contribution in [3.8, 4) is 11.5 Å². The topological polar surface area (TPSA) is 90.0 Å². The van der Waals surface area contributed by atoms with Gasteiger partial charge in [-0.1, -0.05) is 13.0 Å². The highest BCUT2D eigenvalue weighted by molar-refractivity contribution is 5.91. The second-order valence-corrected chi connectivity index (χ2v) is 5.78. The maximum absolute atomic E-state index is 12.4. The number of rotatable bonds is 5. The van der Waals surface area contributed by atoms with Crippen LogP contribution in [0.1, 0.15) is 12.5 Å². The summed E-state index contributed by atoms with van der Waals surface area (Å²) in [6.45, 7) is 3.76. The lowest BCUT2D eigenvalue weighted by molar-refractivity contribution is -0.119. The van der Waals surface area contributed by atoms with E-state index in [1.54, 1.807) is 37.4 Å². The number of aryl methyl sites for hydroxylation is 1. The molecule has 1 unspecified atom stereocenters. The molecule has 0 aliphatic heterocycles. The van der Waals surface area contributed by atoms with Crippen LogP contribution >= 0.6 is 0 Å². The minimum Gasteiger partial charge on any atom is -0.463 e. The number of carbonyl (C=O) groups excluding carboxylic acids is 1. The van der Waals surface area contributed by atoms with Gasteiger partial charge < -0.3 is 9.73 Å². The van der Waals surface area contributed by atoms with E-state index in [2.05, 4.69) is 15.4 Å². The minimum absolute atomic E-state index is 0.158. The van der Waals surface area contributed by atoms with Crippen LogP contribution in [0, 0.1) is 12.8 Å². The summed E-state index contributed by atoms with van der Waals surface area (Å²) in [7, 11) is 0. The van der Waals surface area contributed by atoms with Crippen molar-refractivity contribution in [2.75, 3.05) is 5.32 Å². The van der Waals surface area contributed by atoms with Gasteiger partial charge >= 0.3 is 0 Å². The second kappa shape index (κ2) is 7.12. The largest absolute Gasteiger partial charge is 0.463 e. The molecule has 3 aromatic rings. The fraction of sp³-hybridized carbons (Fsp3) is 0.222. The third kappa shape index (κ3) is 3.82. The Morgan fingerprint density at radius 2 is 2.12 bits per heavy atom. The Morgan fingerprint density at radius 1 is 1.28 bits per heavy atom. The molecule has 7 nitrogen and oxygen atoms in total. The molecule has 3 aromatic heterocycles. The van der Waals surface area contributed by atoms with Crippen LogP contribution in [0.3, 0.4) is 0 Å². The van der Waals surface area contributed by atoms with Gasteiger partial charge in [-0.25, -0.2) is 9.67 Å². The van der Waals surface area contributed by atoms with Crippen LogP contribution in [-0.4, -0.2) is 20.7 Å². The van der Waals surface area contributed by atoms with Crippen molar-refractivity contribution < 1.29 is 9.21 Å². The standard InChI is InChI=1S/C18H18N4O3/c1-12-5-3-9-19-17(12)20-18(24)13(2)11-22-16(23)8-7-14(21-22)15-6-4-10-25-15/h3-10,13H,11H2,1-2H3,(H,19,20,24). The van der Waals surface area contributed by atoms with Gasteiger partial charge in [0.2, 0.25) is 5.91 Å². The van der Waals surface area contributed by atoms with E-state index in [-0.39, 0.29) is 18.0 Å². The number of carbonyl (C=O) groups is 1. The summed E-state index contributed by atoms with van der Waals surface area (Å²) in [6, 6.07) is 10.2. The molecule has 0 radical (unpaired) electrons. The van der Waals surface area contributed by atoms with Gasteiger partial charge in [0, 0.05) is 12.3 Å². The molecule has 0 bridgehead atoms. The Bertz CT molecular complexity index is 931. The smallest absolute Gasteiger partial charge is 0.266 e. The molecule has 1 N–H and O–H groups in total. The first-order chi connectivity index (χ1) is 12.0. The lowest BCUT2D eigenvalue weighted by Crippen LogP contribution is -2.31. The molecule has 0 aromatic carbocycles. The lowest BCUT2D eigenvalue weighted by Gasteiger charge is -2.14. The van der Waals surface area contributed by atoms with E-state index in [1.807, 2.05) is 13.0 Å². The quantitative estimate of drug-likeness (QED) is 0.772. The van der Waals surface area contributed by atoms with Crippen molar-refractivity contribution in [1.82, 2.24) is 14.8 Å². The van der Waals surface area contributed by atoms with Crippen LogP contribution in [0.5, 0.6) is 0 Å². The molecule has 0 spiro atoms. The Kier molecular flexibility index (Phi) is 4.74. The number of nitrogens with zero attached hydrogens (tertiary/aromatic N) is 3. The fourth-order valence-electron chi connectivity index (χ4n) is 2.33. The molecule has 0 aliphatic rings. The number of pyridine rings is 1. The molecule has 128 valence electrons. The first-order valence-corrected chi connectivity index (χ1v) is 7.89. The second-order valence-electron chi connectivity index (χ2n) is 5.78. The van der Waals surface area contributed by atoms with E-state index < -0.39 is 5.92 Å². The van der Waals surface area contributed by atoms with E-state index in [0.717, 1.165) is 5.56 Å². The van der Waals surface area contributed by atoms with Crippen molar-refractivity contribution in [2.45, 2.75) is 20.4 Å². The molecule has 25 heavy (non-hydrogen) atoms. The average molecular weight is 338 g/mol.